The van der Waals surface area contributed by atoms with E-state index in [-0.39, 0.29) is 0 Å². The zero-order chi connectivity index (χ0) is 26.7. The molecule has 0 amide bonds. The third-order valence-corrected chi connectivity index (χ3v) is 7.11. The van der Waals surface area contributed by atoms with E-state index >= 15 is 0 Å². The zero-order valence-electron chi connectivity index (χ0n) is 25.5. The smallest absolute Gasteiger partial charge is 0.00489 e. The highest BCUT2D eigenvalue weighted by Gasteiger charge is 1.94. The van der Waals surface area contributed by atoms with Gasteiger partial charge in [-0.2, -0.15) is 0 Å². The van der Waals surface area contributed by atoms with Crippen molar-refractivity contribution >= 4 is 0 Å². The minimum Gasteiger partial charge on any atom is -0.317 e. The van der Waals surface area contributed by atoms with Gasteiger partial charge < -0.3 is 5.32 Å². The van der Waals surface area contributed by atoms with Gasteiger partial charge in [0.15, 0.2) is 0 Å². The lowest BCUT2D eigenvalue weighted by Gasteiger charge is -2.05. The minimum absolute atomic E-state index is 1.12. The van der Waals surface area contributed by atoms with E-state index < -0.39 is 0 Å². The standard InChI is InChI=1S/C36H67N/c1-3-5-7-9-11-13-15-17-19-21-23-25-27-29-31-33-35-37-36-34-32-30-28-26-24-22-20-18-16-14-12-10-8-6-4-2/h11-14,17-20,37H,3-10,15-16,21-36H2,1-2H3/b13-11-,14-12-,19-17-,20-18-. The van der Waals surface area contributed by atoms with Crippen LogP contribution in [0.5, 0.6) is 0 Å². The number of unbranched alkanes of at least 4 members (excludes halogenated alkanes) is 18. The molecule has 0 unspecified atom stereocenters. The molecule has 0 aromatic carbocycles. The van der Waals surface area contributed by atoms with Crippen LogP contribution in [-0.2, 0) is 0 Å². The van der Waals surface area contributed by atoms with Gasteiger partial charge in [0, 0.05) is 0 Å². The molecule has 0 aromatic heterocycles. The fourth-order valence-corrected chi connectivity index (χ4v) is 4.60. The van der Waals surface area contributed by atoms with Crippen molar-refractivity contribution in [3.8, 4) is 0 Å². The molecule has 0 aliphatic rings. The summed E-state index contributed by atoms with van der Waals surface area (Å²) in [6, 6.07) is 0. The molecule has 0 fully saturated rings. The van der Waals surface area contributed by atoms with E-state index in [1.165, 1.54) is 154 Å². The molecule has 216 valence electrons. The third kappa shape index (κ3) is 34.9. The summed E-state index contributed by atoms with van der Waals surface area (Å²) in [6.07, 6.45) is 50.9. The Balaban J connectivity index is 3.16. The molecule has 0 aliphatic heterocycles. The first-order chi connectivity index (χ1) is 18.4. The van der Waals surface area contributed by atoms with Crippen LogP contribution >= 0.6 is 0 Å². The first-order valence-electron chi connectivity index (χ1n) is 16.7. The van der Waals surface area contributed by atoms with Crippen molar-refractivity contribution in [2.75, 3.05) is 13.1 Å². The molecule has 0 rings (SSSR count). The first-order valence-corrected chi connectivity index (χ1v) is 16.7. The Kier molecular flexibility index (Phi) is 33.9. The van der Waals surface area contributed by atoms with Crippen LogP contribution in [0.4, 0.5) is 0 Å². The SMILES string of the molecule is CCCCC/C=C\C/C=C\CCCCCCCCNCCCCCCCC/C=C\C/C=C\CCCCC. The van der Waals surface area contributed by atoms with Crippen molar-refractivity contribution in [1.82, 2.24) is 5.32 Å². The van der Waals surface area contributed by atoms with Crippen molar-refractivity contribution in [3.05, 3.63) is 48.6 Å². The van der Waals surface area contributed by atoms with Crippen LogP contribution in [0.1, 0.15) is 168 Å². The molecule has 1 nitrogen and oxygen atoms in total. The average molecular weight is 514 g/mol. The average Bonchev–Trinajstić information content (AvgIpc) is 2.91. The van der Waals surface area contributed by atoms with Gasteiger partial charge in [-0.3, -0.25) is 0 Å². The number of nitrogens with one attached hydrogen (secondary N) is 1. The molecular weight excluding hydrogens is 446 g/mol. The summed E-state index contributed by atoms with van der Waals surface area (Å²) in [6.45, 7) is 6.97. The largest absolute Gasteiger partial charge is 0.317 e. The van der Waals surface area contributed by atoms with E-state index in [2.05, 4.69) is 67.8 Å². The van der Waals surface area contributed by atoms with Crippen molar-refractivity contribution in [2.24, 2.45) is 0 Å². The Morgan fingerprint density at radius 1 is 0.324 bits per heavy atom. The van der Waals surface area contributed by atoms with Gasteiger partial charge in [-0.05, 0) is 90.1 Å². The molecule has 0 bridgehead atoms. The van der Waals surface area contributed by atoms with Gasteiger partial charge in [-0.1, -0.05) is 140 Å². The van der Waals surface area contributed by atoms with E-state index in [4.69, 9.17) is 0 Å². The van der Waals surface area contributed by atoms with Crippen LogP contribution in [0.25, 0.3) is 0 Å². The van der Waals surface area contributed by atoms with Gasteiger partial charge in [-0.15, -0.1) is 0 Å². The maximum atomic E-state index is 3.66. The van der Waals surface area contributed by atoms with Crippen LogP contribution < -0.4 is 5.32 Å². The first kappa shape index (κ1) is 35.9. The van der Waals surface area contributed by atoms with Gasteiger partial charge in [-0.25, -0.2) is 0 Å². The lowest BCUT2D eigenvalue weighted by molar-refractivity contribution is 0.540. The van der Waals surface area contributed by atoms with E-state index in [0.29, 0.717) is 0 Å². The van der Waals surface area contributed by atoms with Crippen LogP contribution in [0.15, 0.2) is 48.6 Å². The van der Waals surface area contributed by atoms with E-state index in [9.17, 15) is 0 Å². The highest BCUT2D eigenvalue weighted by molar-refractivity contribution is 4.93. The molecule has 37 heavy (non-hydrogen) atoms. The fraction of sp³-hybridized carbons (Fsp3) is 0.778. The minimum atomic E-state index is 1.12. The number of allylic oxidation sites excluding steroid dienone is 8. The van der Waals surface area contributed by atoms with Crippen LogP contribution in [0, 0.1) is 0 Å². The second-order valence-corrected chi connectivity index (χ2v) is 10.9. The molecule has 1 N–H and O–H groups in total. The van der Waals surface area contributed by atoms with Gasteiger partial charge >= 0.3 is 0 Å². The van der Waals surface area contributed by atoms with Gasteiger partial charge in [0.2, 0.25) is 0 Å². The lowest BCUT2D eigenvalue weighted by Crippen LogP contribution is -2.16. The van der Waals surface area contributed by atoms with Crippen LogP contribution in [-0.4, -0.2) is 13.1 Å². The molecular formula is C36H67N. The Hall–Kier alpha value is -1.08. The Labute approximate surface area is 234 Å². The second-order valence-electron chi connectivity index (χ2n) is 10.9. The third-order valence-electron chi connectivity index (χ3n) is 7.11. The monoisotopic (exact) mass is 514 g/mol. The molecule has 0 saturated heterocycles. The summed E-state index contributed by atoms with van der Waals surface area (Å²) in [5, 5.41) is 3.66. The number of hydrogen-bond acceptors (Lipinski definition) is 1. The normalized spacial score (nSPS) is 12.4. The summed E-state index contributed by atoms with van der Waals surface area (Å²) < 4.78 is 0. The predicted molar refractivity (Wildman–Crippen MR) is 172 cm³/mol. The van der Waals surface area contributed by atoms with Crippen LogP contribution in [0.3, 0.4) is 0 Å². The molecule has 0 spiro atoms. The fourth-order valence-electron chi connectivity index (χ4n) is 4.60. The van der Waals surface area contributed by atoms with E-state index in [1.54, 1.807) is 0 Å². The zero-order valence-corrected chi connectivity index (χ0v) is 25.5. The van der Waals surface area contributed by atoms with Crippen molar-refractivity contribution < 1.29 is 0 Å². The molecule has 0 saturated carbocycles. The van der Waals surface area contributed by atoms with Gasteiger partial charge in [0.1, 0.15) is 0 Å². The van der Waals surface area contributed by atoms with Gasteiger partial charge in [0.25, 0.3) is 0 Å². The lowest BCUT2D eigenvalue weighted by atomic mass is 10.1. The Morgan fingerprint density at radius 3 is 0.973 bits per heavy atom. The van der Waals surface area contributed by atoms with Crippen LogP contribution in [0.2, 0.25) is 0 Å². The molecule has 0 aromatic rings. The van der Waals surface area contributed by atoms with E-state index in [0.717, 1.165) is 12.8 Å². The summed E-state index contributed by atoms with van der Waals surface area (Å²) in [5.41, 5.74) is 0. The van der Waals surface area contributed by atoms with Gasteiger partial charge in [0.05, 0.1) is 0 Å². The topological polar surface area (TPSA) is 12.0 Å². The molecule has 0 aliphatic carbocycles. The molecule has 0 atom stereocenters. The quantitative estimate of drug-likeness (QED) is 0.0743. The Morgan fingerprint density at radius 2 is 0.622 bits per heavy atom. The summed E-state index contributed by atoms with van der Waals surface area (Å²) in [7, 11) is 0. The van der Waals surface area contributed by atoms with Crippen molar-refractivity contribution in [3.63, 3.8) is 0 Å². The second kappa shape index (κ2) is 34.9. The summed E-state index contributed by atoms with van der Waals surface area (Å²) in [5.74, 6) is 0. The maximum Gasteiger partial charge on any atom is -0.00489 e. The number of hydrogen-bond donors (Lipinski definition) is 1. The van der Waals surface area contributed by atoms with Crippen molar-refractivity contribution in [2.45, 2.75) is 168 Å². The summed E-state index contributed by atoms with van der Waals surface area (Å²) >= 11 is 0. The van der Waals surface area contributed by atoms with E-state index in [1.807, 2.05) is 0 Å². The molecule has 1 heteroatoms. The maximum absolute atomic E-state index is 3.66. The highest BCUT2D eigenvalue weighted by atomic mass is 14.8. The number of rotatable bonds is 30. The molecule has 0 heterocycles. The highest BCUT2D eigenvalue weighted by Crippen LogP contribution is 2.09. The summed E-state index contributed by atoms with van der Waals surface area (Å²) in [4.78, 5) is 0. The predicted octanol–water partition coefficient (Wildman–Crippen LogP) is 12.2. The Bertz CT molecular complexity index is 467. The van der Waals surface area contributed by atoms with Crippen molar-refractivity contribution in [1.29, 1.82) is 0 Å². The molecule has 0 radical (unpaired) electrons.